The molecule has 7 nitrogen and oxygen atoms in total. The Bertz CT molecular complexity index is 1140. The van der Waals surface area contributed by atoms with Crippen LogP contribution < -0.4 is 10.5 Å². The maximum absolute atomic E-state index is 14.6. The van der Waals surface area contributed by atoms with Crippen molar-refractivity contribution in [2.75, 3.05) is 0 Å². The minimum absolute atomic E-state index is 0.112. The lowest BCUT2D eigenvalue weighted by molar-refractivity contribution is -0.137. The summed E-state index contributed by atoms with van der Waals surface area (Å²) in [7, 11) is 0. The van der Waals surface area contributed by atoms with Crippen LogP contribution in [0.3, 0.4) is 0 Å². The van der Waals surface area contributed by atoms with Gasteiger partial charge in [0.25, 0.3) is 5.91 Å². The number of carbonyl (C=O) groups excluding carboxylic acids is 1. The molecular formula is C20H14Cl2F2N2O5. The summed E-state index contributed by atoms with van der Waals surface area (Å²) in [5.41, 5.74) is 4.82. The monoisotopic (exact) mass is 470 g/mol. The van der Waals surface area contributed by atoms with Crippen LogP contribution in [0.1, 0.15) is 35.2 Å². The van der Waals surface area contributed by atoms with Gasteiger partial charge in [-0.05, 0) is 35.9 Å². The highest BCUT2D eigenvalue weighted by molar-refractivity contribution is 6.31. The Morgan fingerprint density at radius 3 is 2.45 bits per heavy atom. The van der Waals surface area contributed by atoms with E-state index in [1.54, 1.807) is 24.3 Å². The van der Waals surface area contributed by atoms with Crippen molar-refractivity contribution in [1.82, 2.24) is 4.98 Å². The number of hydrogen-bond acceptors (Lipinski definition) is 5. The van der Waals surface area contributed by atoms with Gasteiger partial charge in [0.15, 0.2) is 17.7 Å². The van der Waals surface area contributed by atoms with Gasteiger partial charge in [0.05, 0.1) is 0 Å². The highest BCUT2D eigenvalue weighted by atomic mass is 35.5. The van der Waals surface area contributed by atoms with Crippen LogP contribution in [0.5, 0.6) is 5.75 Å². The summed E-state index contributed by atoms with van der Waals surface area (Å²) in [5, 5.41) is 9.39. The van der Waals surface area contributed by atoms with Gasteiger partial charge in [-0.3, -0.25) is 9.59 Å². The van der Waals surface area contributed by atoms with Gasteiger partial charge < -0.3 is 20.0 Å². The molecule has 1 amide bonds. The van der Waals surface area contributed by atoms with E-state index in [0.29, 0.717) is 10.6 Å². The Morgan fingerprint density at radius 1 is 1.16 bits per heavy atom. The number of amides is 1. The fraction of sp³-hybridized carbons (Fsp3) is 0.150. The second-order valence-electron chi connectivity index (χ2n) is 6.32. The third-order valence-corrected chi connectivity index (χ3v) is 4.70. The summed E-state index contributed by atoms with van der Waals surface area (Å²) < 4.78 is 39.2. The first kappa shape index (κ1) is 22.5. The number of benzene rings is 2. The molecule has 0 aliphatic heterocycles. The van der Waals surface area contributed by atoms with E-state index < -0.39 is 40.9 Å². The number of carboxylic acids is 1. The van der Waals surface area contributed by atoms with Gasteiger partial charge in [-0.25, -0.2) is 13.8 Å². The van der Waals surface area contributed by atoms with E-state index in [-0.39, 0.29) is 29.6 Å². The molecule has 0 saturated heterocycles. The van der Waals surface area contributed by atoms with Crippen LogP contribution in [-0.2, 0) is 4.79 Å². The number of halogens is 4. The lowest BCUT2D eigenvalue weighted by Gasteiger charge is -2.17. The maximum Gasteiger partial charge on any atom is 0.303 e. The number of ether oxygens (including phenoxy) is 1. The molecule has 0 spiro atoms. The van der Waals surface area contributed by atoms with Gasteiger partial charge in [0.1, 0.15) is 17.1 Å². The number of aromatic nitrogens is 1. The van der Waals surface area contributed by atoms with Crippen molar-refractivity contribution in [3.63, 3.8) is 0 Å². The van der Waals surface area contributed by atoms with E-state index in [2.05, 4.69) is 4.98 Å². The molecule has 0 aliphatic carbocycles. The highest BCUT2D eigenvalue weighted by Gasteiger charge is 2.27. The van der Waals surface area contributed by atoms with Crippen molar-refractivity contribution >= 4 is 35.1 Å². The van der Waals surface area contributed by atoms with E-state index >= 15 is 0 Å². The van der Waals surface area contributed by atoms with E-state index in [1.807, 2.05) is 0 Å². The average molecular weight is 471 g/mol. The molecule has 31 heavy (non-hydrogen) atoms. The Morgan fingerprint density at radius 2 is 1.84 bits per heavy atom. The summed E-state index contributed by atoms with van der Waals surface area (Å²) in [6.45, 7) is 0. The van der Waals surface area contributed by atoms with Crippen LogP contribution in [-0.4, -0.2) is 22.0 Å². The van der Waals surface area contributed by atoms with Gasteiger partial charge in [-0.1, -0.05) is 23.7 Å². The van der Waals surface area contributed by atoms with Gasteiger partial charge in [-0.15, -0.1) is 0 Å². The maximum atomic E-state index is 14.6. The predicted molar refractivity (Wildman–Crippen MR) is 107 cm³/mol. The standard InChI is InChI=1S/C20H14Cl2F2N2O5/c21-10-3-1-9(2-4-10)17-18(22)31-20(26-17)13(7-8-14(27)28)30-12-6-5-11(23)15(16(12)24)19(25)29/h1-6,13H,7-8H2,(H2,25,29)(H,27,28). The minimum atomic E-state index is -1.33. The average Bonchev–Trinajstić information content (AvgIpc) is 3.08. The zero-order chi connectivity index (χ0) is 22.7. The van der Waals surface area contributed by atoms with Crippen molar-refractivity contribution in [2.45, 2.75) is 18.9 Å². The number of primary amides is 1. The fourth-order valence-electron chi connectivity index (χ4n) is 2.73. The lowest BCUT2D eigenvalue weighted by atomic mass is 10.1. The largest absolute Gasteiger partial charge is 0.481 e. The highest BCUT2D eigenvalue weighted by Crippen LogP contribution is 2.35. The molecule has 0 bridgehead atoms. The second kappa shape index (κ2) is 9.32. The number of oxazole rings is 1. The van der Waals surface area contributed by atoms with Gasteiger partial charge in [0.2, 0.25) is 11.1 Å². The normalized spacial score (nSPS) is 11.9. The topological polar surface area (TPSA) is 116 Å². The molecule has 3 rings (SSSR count). The Balaban J connectivity index is 1.98. The van der Waals surface area contributed by atoms with Crippen molar-refractivity contribution in [3.8, 4) is 17.0 Å². The summed E-state index contributed by atoms with van der Waals surface area (Å²) in [5.74, 6) is -5.64. The molecule has 162 valence electrons. The van der Waals surface area contributed by atoms with Crippen molar-refractivity contribution in [3.05, 3.63) is 69.7 Å². The van der Waals surface area contributed by atoms with E-state index in [0.717, 1.165) is 12.1 Å². The lowest BCUT2D eigenvalue weighted by Crippen LogP contribution is -2.17. The zero-order valence-corrected chi connectivity index (χ0v) is 17.1. The van der Waals surface area contributed by atoms with Crippen LogP contribution in [0, 0.1) is 11.6 Å². The first-order valence-electron chi connectivity index (χ1n) is 8.75. The third kappa shape index (κ3) is 5.12. The van der Waals surface area contributed by atoms with E-state index in [9.17, 15) is 18.4 Å². The molecule has 0 aliphatic rings. The van der Waals surface area contributed by atoms with Gasteiger partial charge in [0, 0.05) is 23.4 Å². The fourth-order valence-corrected chi connectivity index (χ4v) is 3.09. The molecule has 1 heterocycles. The number of carbonyl (C=O) groups is 2. The molecule has 0 fully saturated rings. The molecular weight excluding hydrogens is 457 g/mol. The molecule has 3 aromatic rings. The molecule has 1 atom stereocenters. The third-order valence-electron chi connectivity index (χ3n) is 4.19. The van der Waals surface area contributed by atoms with Crippen molar-refractivity contribution < 1.29 is 32.6 Å². The summed E-state index contributed by atoms with van der Waals surface area (Å²) in [6, 6.07) is 8.24. The molecule has 1 unspecified atom stereocenters. The molecule has 2 aromatic carbocycles. The molecule has 1 aromatic heterocycles. The number of nitrogens with two attached hydrogens (primary N) is 1. The quantitative estimate of drug-likeness (QED) is 0.477. The van der Waals surface area contributed by atoms with Crippen LogP contribution in [0.15, 0.2) is 40.8 Å². The first-order valence-corrected chi connectivity index (χ1v) is 9.51. The number of rotatable bonds is 8. The van der Waals surface area contributed by atoms with Crippen molar-refractivity contribution in [2.24, 2.45) is 5.73 Å². The second-order valence-corrected chi connectivity index (χ2v) is 7.10. The summed E-state index contributed by atoms with van der Waals surface area (Å²) >= 11 is 12.0. The summed E-state index contributed by atoms with van der Waals surface area (Å²) in [6.07, 6.45) is -1.78. The molecule has 0 radical (unpaired) electrons. The van der Waals surface area contributed by atoms with Crippen molar-refractivity contribution in [1.29, 1.82) is 0 Å². The predicted octanol–water partition coefficient (Wildman–Crippen LogP) is 5.01. The van der Waals surface area contributed by atoms with E-state index in [4.69, 9.17) is 43.2 Å². The minimum Gasteiger partial charge on any atom is -0.481 e. The van der Waals surface area contributed by atoms with Crippen LogP contribution in [0.2, 0.25) is 10.2 Å². The van der Waals surface area contributed by atoms with Gasteiger partial charge in [-0.2, -0.15) is 0 Å². The Labute approximate surface area is 184 Å². The first-order chi connectivity index (χ1) is 14.7. The van der Waals surface area contributed by atoms with Crippen LogP contribution >= 0.6 is 23.2 Å². The Kier molecular flexibility index (Phi) is 6.77. The zero-order valence-electron chi connectivity index (χ0n) is 15.6. The molecule has 0 saturated carbocycles. The number of carboxylic acid groups (broad SMARTS) is 1. The smallest absolute Gasteiger partial charge is 0.303 e. The molecule has 11 heteroatoms. The molecule has 3 N–H and O–H groups in total. The Hall–Kier alpha value is -3.17. The SMILES string of the molecule is NC(=O)c1c(F)ccc(OC(CCC(=O)O)c2nc(-c3ccc(Cl)cc3)c(Cl)o2)c1F. The number of hydrogen-bond donors (Lipinski definition) is 2. The number of nitrogens with zero attached hydrogens (tertiary/aromatic N) is 1. The van der Waals surface area contributed by atoms with Gasteiger partial charge >= 0.3 is 5.97 Å². The number of aliphatic carboxylic acids is 1. The van der Waals surface area contributed by atoms with E-state index in [1.165, 1.54) is 0 Å². The van der Waals surface area contributed by atoms with Crippen LogP contribution in [0.25, 0.3) is 11.3 Å². The van der Waals surface area contributed by atoms with Crippen LogP contribution in [0.4, 0.5) is 8.78 Å². The summed E-state index contributed by atoms with van der Waals surface area (Å²) in [4.78, 5) is 26.6.